The van der Waals surface area contributed by atoms with Crippen molar-refractivity contribution in [2.24, 2.45) is 0 Å². The Kier molecular flexibility index (Phi) is 7.99. The Morgan fingerprint density at radius 1 is 1.50 bits per heavy atom. The van der Waals surface area contributed by atoms with Gasteiger partial charge in [0, 0.05) is 18.3 Å². The van der Waals surface area contributed by atoms with Gasteiger partial charge in [-0.05, 0) is 19.6 Å². The highest BCUT2D eigenvalue weighted by Gasteiger charge is 2.13. The van der Waals surface area contributed by atoms with Crippen LogP contribution in [0.15, 0.2) is 0 Å². The van der Waals surface area contributed by atoms with E-state index < -0.39 is 0 Å². The van der Waals surface area contributed by atoms with Gasteiger partial charge in [-0.2, -0.15) is 11.8 Å². The van der Waals surface area contributed by atoms with Gasteiger partial charge in [0.1, 0.15) is 0 Å². The molecule has 0 saturated carbocycles. The molecule has 0 aliphatic heterocycles. The van der Waals surface area contributed by atoms with Crippen molar-refractivity contribution in [2.45, 2.75) is 26.8 Å². The Labute approximate surface area is 91.2 Å². The highest BCUT2D eigenvalue weighted by Crippen LogP contribution is 2.03. The van der Waals surface area contributed by atoms with Crippen LogP contribution in [-0.2, 0) is 9.53 Å². The second-order valence-corrected chi connectivity index (χ2v) is 4.73. The fraction of sp³-hybridized carbons (Fsp3) is 0.900. The van der Waals surface area contributed by atoms with Crippen LogP contribution >= 0.6 is 11.8 Å². The zero-order valence-corrected chi connectivity index (χ0v) is 10.4. The van der Waals surface area contributed by atoms with E-state index >= 15 is 0 Å². The first-order chi connectivity index (χ1) is 6.61. The third-order valence-corrected chi connectivity index (χ3v) is 2.90. The molecule has 0 bridgehead atoms. The number of nitrogens with zero attached hydrogens (tertiary/aromatic N) is 1. The molecule has 0 fully saturated rings. The van der Waals surface area contributed by atoms with E-state index in [1.54, 1.807) is 0 Å². The van der Waals surface area contributed by atoms with Crippen molar-refractivity contribution >= 4 is 17.7 Å². The van der Waals surface area contributed by atoms with Gasteiger partial charge in [0.05, 0.1) is 13.7 Å². The summed E-state index contributed by atoms with van der Waals surface area (Å²) in [5.41, 5.74) is 0. The van der Waals surface area contributed by atoms with Crippen molar-refractivity contribution in [1.82, 2.24) is 4.90 Å². The summed E-state index contributed by atoms with van der Waals surface area (Å²) >= 11 is 1.89. The number of carbonyl (C=O) groups excluding carboxylic acids is 1. The smallest absolute Gasteiger partial charge is 0.319 e. The van der Waals surface area contributed by atoms with Gasteiger partial charge in [0.2, 0.25) is 0 Å². The van der Waals surface area contributed by atoms with Gasteiger partial charge in [0.25, 0.3) is 0 Å². The molecule has 3 nitrogen and oxygen atoms in total. The Morgan fingerprint density at radius 2 is 2.14 bits per heavy atom. The molecular weight excluding hydrogens is 198 g/mol. The lowest BCUT2D eigenvalue weighted by molar-refractivity contribution is -0.142. The van der Waals surface area contributed by atoms with Crippen LogP contribution in [0.3, 0.4) is 0 Å². The Morgan fingerprint density at radius 3 is 2.57 bits per heavy atom. The number of thioether (sulfide) groups is 1. The van der Waals surface area contributed by atoms with Crippen LogP contribution in [-0.4, -0.2) is 48.6 Å². The van der Waals surface area contributed by atoms with Crippen LogP contribution in [0.4, 0.5) is 0 Å². The van der Waals surface area contributed by atoms with Gasteiger partial charge in [-0.3, -0.25) is 9.69 Å². The van der Waals surface area contributed by atoms with Gasteiger partial charge in [-0.25, -0.2) is 0 Å². The van der Waals surface area contributed by atoms with Crippen LogP contribution in [0, 0.1) is 0 Å². The van der Waals surface area contributed by atoms with Crippen LogP contribution in [0.2, 0.25) is 0 Å². The molecule has 0 rings (SSSR count). The number of rotatable bonds is 7. The summed E-state index contributed by atoms with van der Waals surface area (Å²) in [6.45, 7) is 7.69. The van der Waals surface area contributed by atoms with E-state index in [0.29, 0.717) is 12.6 Å². The van der Waals surface area contributed by atoms with Gasteiger partial charge in [-0.1, -0.05) is 6.92 Å². The number of hydrogen-bond acceptors (Lipinski definition) is 4. The molecule has 14 heavy (non-hydrogen) atoms. The van der Waals surface area contributed by atoms with Crippen molar-refractivity contribution in [3.05, 3.63) is 0 Å². The molecule has 0 saturated heterocycles. The highest BCUT2D eigenvalue weighted by atomic mass is 32.2. The van der Waals surface area contributed by atoms with E-state index in [4.69, 9.17) is 0 Å². The summed E-state index contributed by atoms with van der Waals surface area (Å²) in [6.07, 6.45) is 0. The SMILES string of the molecule is CCSCCN(CC(=O)OC)C(C)C. The fourth-order valence-corrected chi connectivity index (χ4v) is 1.73. The fourth-order valence-electron chi connectivity index (χ4n) is 1.08. The maximum absolute atomic E-state index is 11.1. The van der Waals surface area contributed by atoms with Crippen LogP contribution in [0.5, 0.6) is 0 Å². The van der Waals surface area contributed by atoms with E-state index in [-0.39, 0.29) is 5.97 Å². The van der Waals surface area contributed by atoms with Gasteiger partial charge >= 0.3 is 5.97 Å². The largest absolute Gasteiger partial charge is 0.468 e. The molecule has 84 valence electrons. The lowest BCUT2D eigenvalue weighted by Crippen LogP contribution is -2.37. The lowest BCUT2D eigenvalue weighted by Gasteiger charge is -2.24. The van der Waals surface area contributed by atoms with Crippen molar-refractivity contribution in [2.75, 3.05) is 31.7 Å². The first kappa shape index (κ1) is 13.8. The predicted octanol–water partition coefficient (Wildman–Crippen LogP) is 1.62. The number of methoxy groups -OCH3 is 1. The number of carbonyl (C=O) groups is 1. The number of hydrogen-bond donors (Lipinski definition) is 0. The third-order valence-electron chi connectivity index (χ3n) is 2.02. The molecule has 0 aliphatic carbocycles. The van der Waals surface area contributed by atoms with Crippen LogP contribution < -0.4 is 0 Å². The van der Waals surface area contributed by atoms with Crippen molar-refractivity contribution in [3.8, 4) is 0 Å². The standard InChI is InChI=1S/C10H21NO2S/c1-5-14-7-6-11(9(2)3)8-10(12)13-4/h9H,5-8H2,1-4H3. The molecule has 0 aromatic rings. The summed E-state index contributed by atoms with van der Waals surface area (Å²) in [5, 5.41) is 0. The molecule has 0 spiro atoms. The molecular formula is C10H21NO2S. The average molecular weight is 219 g/mol. The molecule has 0 heterocycles. The van der Waals surface area contributed by atoms with Gasteiger partial charge in [0.15, 0.2) is 0 Å². The molecule has 0 amide bonds. The molecule has 4 heteroatoms. The molecule has 0 aromatic carbocycles. The minimum Gasteiger partial charge on any atom is -0.468 e. The quantitative estimate of drug-likeness (QED) is 0.481. The zero-order valence-electron chi connectivity index (χ0n) is 9.58. The minimum absolute atomic E-state index is 0.153. The molecule has 0 N–H and O–H groups in total. The lowest BCUT2D eigenvalue weighted by atomic mass is 10.3. The predicted molar refractivity (Wildman–Crippen MR) is 61.7 cm³/mol. The summed E-state index contributed by atoms with van der Waals surface area (Å²) in [7, 11) is 1.43. The summed E-state index contributed by atoms with van der Waals surface area (Å²) in [5.74, 6) is 2.05. The summed E-state index contributed by atoms with van der Waals surface area (Å²) in [6, 6.07) is 0.395. The number of esters is 1. The first-order valence-corrected chi connectivity index (χ1v) is 6.15. The Hall–Kier alpha value is -0.220. The normalized spacial score (nSPS) is 11.0. The average Bonchev–Trinajstić information content (AvgIpc) is 2.16. The van der Waals surface area contributed by atoms with Crippen molar-refractivity contribution < 1.29 is 9.53 Å². The summed E-state index contributed by atoms with van der Waals surface area (Å²) in [4.78, 5) is 13.2. The number of ether oxygens (including phenoxy) is 1. The maximum Gasteiger partial charge on any atom is 0.319 e. The topological polar surface area (TPSA) is 29.5 Å². The monoisotopic (exact) mass is 219 g/mol. The molecule has 0 aliphatic rings. The van der Waals surface area contributed by atoms with E-state index in [9.17, 15) is 4.79 Å². The summed E-state index contributed by atoms with van der Waals surface area (Å²) < 4.78 is 4.65. The van der Waals surface area contributed by atoms with E-state index in [1.165, 1.54) is 7.11 Å². The Bertz CT molecular complexity index is 162. The van der Waals surface area contributed by atoms with Crippen molar-refractivity contribution in [3.63, 3.8) is 0 Å². The van der Waals surface area contributed by atoms with E-state index in [1.807, 2.05) is 11.8 Å². The van der Waals surface area contributed by atoms with Crippen molar-refractivity contribution in [1.29, 1.82) is 0 Å². The van der Waals surface area contributed by atoms with Crippen LogP contribution in [0.1, 0.15) is 20.8 Å². The highest BCUT2D eigenvalue weighted by molar-refractivity contribution is 7.99. The second kappa shape index (κ2) is 8.12. The third kappa shape index (κ3) is 6.27. The van der Waals surface area contributed by atoms with E-state index in [2.05, 4.69) is 30.4 Å². The molecule has 0 atom stereocenters. The van der Waals surface area contributed by atoms with Gasteiger partial charge in [-0.15, -0.1) is 0 Å². The molecule has 0 aromatic heterocycles. The second-order valence-electron chi connectivity index (χ2n) is 3.34. The molecule has 0 unspecified atom stereocenters. The maximum atomic E-state index is 11.1. The minimum atomic E-state index is -0.153. The first-order valence-electron chi connectivity index (χ1n) is 5.00. The zero-order chi connectivity index (χ0) is 11.0. The van der Waals surface area contributed by atoms with Gasteiger partial charge < -0.3 is 4.74 Å². The van der Waals surface area contributed by atoms with Crippen LogP contribution in [0.25, 0.3) is 0 Å². The Balaban J connectivity index is 3.83. The molecule has 0 radical (unpaired) electrons. The van der Waals surface area contributed by atoms with E-state index in [0.717, 1.165) is 18.1 Å².